The van der Waals surface area contributed by atoms with E-state index in [0.717, 1.165) is 38.7 Å². The number of nitrogens with zero attached hydrogens (tertiary/aromatic N) is 2. The van der Waals surface area contributed by atoms with Gasteiger partial charge in [0.25, 0.3) is 0 Å². The van der Waals surface area contributed by atoms with Crippen molar-refractivity contribution in [3.8, 4) is 0 Å². The van der Waals surface area contributed by atoms with Gasteiger partial charge in [-0.25, -0.2) is 0 Å². The topological polar surface area (TPSA) is 58.1 Å². The van der Waals surface area contributed by atoms with Crippen molar-refractivity contribution < 1.29 is 9.47 Å². The number of rotatable bonds is 7. The van der Waals surface area contributed by atoms with Gasteiger partial charge in [0.05, 0.1) is 18.3 Å². The molecule has 6 nitrogen and oxygen atoms in total. The Labute approximate surface area is 135 Å². The molecule has 1 fully saturated rings. The van der Waals surface area contributed by atoms with Crippen LogP contribution in [0.3, 0.4) is 0 Å². The molecule has 0 saturated carbocycles. The number of ether oxygens (including phenoxy) is 2. The van der Waals surface area contributed by atoms with Gasteiger partial charge in [0, 0.05) is 46.9 Å². The third-order valence-corrected chi connectivity index (χ3v) is 3.80. The Kier molecular flexibility index (Phi) is 8.14. The fourth-order valence-electron chi connectivity index (χ4n) is 2.39. The summed E-state index contributed by atoms with van der Waals surface area (Å²) in [7, 11) is 3.50. The summed E-state index contributed by atoms with van der Waals surface area (Å²) in [5.41, 5.74) is -0.215. The highest BCUT2D eigenvalue weighted by atomic mass is 16.5. The van der Waals surface area contributed by atoms with Crippen LogP contribution in [0.15, 0.2) is 4.99 Å². The van der Waals surface area contributed by atoms with Crippen molar-refractivity contribution in [2.24, 2.45) is 10.9 Å². The van der Waals surface area contributed by atoms with Gasteiger partial charge in [-0.2, -0.15) is 0 Å². The monoisotopic (exact) mass is 314 g/mol. The lowest BCUT2D eigenvalue weighted by atomic mass is 10.1. The van der Waals surface area contributed by atoms with Gasteiger partial charge in [-0.1, -0.05) is 13.8 Å². The molecular weight excluding hydrogens is 280 g/mol. The maximum absolute atomic E-state index is 5.84. The second kappa shape index (κ2) is 9.33. The minimum Gasteiger partial charge on any atom is -0.377 e. The van der Waals surface area contributed by atoms with Crippen molar-refractivity contribution in [3.63, 3.8) is 0 Å². The Morgan fingerprint density at radius 2 is 2.14 bits per heavy atom. The van der Waals surface area contributed by atoms with Crippen LogP contribution in [0.4, 0.5) is 0 Å². The molecule has 1 aliphatic rings. The molecule has 1 atom stereocenters. The smallest absolute Gasteiger partial charge is 0.191 e. The number of hydrogen-bond donors (Lipinski definition) is 2. The normalized spacial score (nSPS) is 21.2. The number of nitrogens with one attached hydrogen (secondary N) is 2. The van der Waals surface area contributed by atoms with Crippen LogP contribution in [0.1, 0.15) is 27.7 Å². The van der Waals surface area contributed by atoms with Crippen LogP contribution < -0.4 is 10.6 Å². The third kappa shape index (κ3) is 7.42. The lowest BCUT2D eigenvalue weighted by molar-refractivity contribution is -0.0285. The predicted octanol–water partition coefficient (Wildman–Crippen LogP) is 0.933. The van der Waals surface area contributed by atoms with E-state index in [0.29, 0.717) is 12.5 Å². The van der Waals surface area contributed by atoms with Gasteiger partial charge in [0.2, 0.25) is 0 Å². The molecule has 1 aliphatic heterocycles. The zero-order valence-electron chi connectivity index (χ0n) is 15.1. The number of aliphatic imine (C=N–C) groups is 1. The van der Waals surface area contributed by atoms with Crippen molar-refractivity contribution in [2.45, 2.75) is 39.4 Å². The van der Waals surface area contributed by atoms with E-state index in [9.17, 15) is 0 Å². The van der Waals surface area contributed by atoms with Crippen molar-refractivity contribution >= 4 is 5.96 Å². The average Bonchev–Trinajstić information content (AvgIpc) is 2.47. The van der Waals surface area contributed by atoms with Crippen LogP contribution in [0.25, 0.3) is 0 Å². The van der Waals surface area contributed by atoms with Crippen molar-refractivity contribution in [1.82, 2.24) is 15.5 Å². The highest BCUT2D eigenvalue weighted by Crippen LogP contribution is 2.07. The summed E-state index contributed by atoms with van der Waals surface area (Å²) in [6.45, 7) is 14.0. The van der Waals surface area contributed by atoms with Crippen molar-refractivity contribution in [3.05, 3.63) is 0 Å². The zero-order valence-corrected chi connectivity index (χ0v) is 15.1. The van der Waals surface area contributed by atoms with Gasteiger partial charge in [-0.05, 0) is 19.8 Å². The molecule has 0 radical (unpaired) electrons. The molecular formula is C16H34N4O2. The molecule has 1 saturated heterocycles. The summed E-state index contributed by atoms with van der Waals surface area (Å²) >= 11 is 0. The summed E-state index contributed by atoms with van der Waals surface area (Å²) in [6, 6.07) is 0. The molecule has 2 N–H and O–H groups in total. The second-order valence-corrected chi connectivity index (χ2v) is 6.92. The average molecular weight is 314 g/mol. The van der Waals surface area contributed by atoms with E-state index in [4.69, 9.17) is 9.47 Å². The molecule has 0 bridgehead atoms. The van der Waals surface area contributed by atoms with Crippen LogP contribution in [0, 0.1) is 5.92 Å². The van der Waals surface area contributed by atoms with Gasteiger partial charge in [-0.15, -0.1) is 0 Å². The maximum Gasteiger partial charge on any atom is 0.191 e. The van der Waals surface area contributed by atoms with Crippen LogP contribution in [-0.4, -0.2) is 76.1 Å². The molecule has 1 unspecified atom stereocenters. The molecule has 0 spiro atoms. The van der Waals surface area contributed by atoms with Crippen molar-refractivity contribution in [1.29, 1.82) is 0 Å². The maximum atomic E-state index is 5.84. The number of guanidine groups is 1. The molecule has 0 amide bonds. The third-order valence-electron chi connectivity index (χ3n) is 3.80. The van der Waals surface area contributed by atoms with Gasteiger partial charge < -0.3 is 20.1 Å². The molecule has 130 valence electrons. The molecule has 0 aromatic rings. The van der Waals surface area contributed by atoms with Gasteiger partial charge >= 0.3 is 0 Å². The molecule has 6 heteroatoms. The summed E-state index contributed by atoms with van der Waals surface area (Å²) < 4.78 is 11.2. The first kappa shape index (κ1) is 19.2. The van der Waals surface area contributed by atoms with Crippen LogP contribution in [0.5, 0.6) is 0 Å². The lowest BCUT2D eigenvalue weighted by Crippen LogP contribution is -2.51. The second-order valence-electron chi connectivity index (χ2n) is 6.92. The van der Waals surface area contributed by atoms with E-state index in [1.54, 1.807) is 14.2 Å². The molecule has 22 heavy (non-hydrogen) atoms. The van der Waals surface area contributed by atoms with Gasteiger partial charge in [0.15, 0.2) is 5.96 Å². The highest BCUT2D eigenvalue weighted by Gasteiger charge is 2.21. The Hall–Kier alpha value is -0.850. The first-order chi connectivity index (χ1) is 10.4. The van der Waals surface area contributed by atoms with Crippen LogP contribution >= 0.6 is 0 Å². The minimum absolute atomic E-state index is 0.210. The van der Waals surface area contributed by atoms with Crippen molar-refractivity contribution in [2.75, 3.05) is 53.5 Å². The minimum atomic E-state index is -0.215. The number of morpholine rings is 1. The molecule has 0 aromatic carbocycles. The largest absolute Gasteiger partial charge is 0.377 e. The molecule has 0 aromatic heterocycles. The first-order valence-electron chi connectivity index (χ1n) is 8.20. The predicted molar refractivity (Wildman–Crippen MR) is 91.5 cm³/mol. The summed E-state index contributed by atoms with van der Waals surface area (Å²) in [5, 5.41) is 6.63. The lowest BCUT2D eigenvalue weighted by Gasteiger charge is -2.34. The summed E-state index contributed by atoms with van der Waals surface area (Å²) in [5.74, 6) is 1.48. The SMILES string of the molecule is CN=C(NCC1CN(CC(C)C)CCO1)NCC(C)(C)OC. The Bertz CT molecular complexity index is 345. The van der Waals surface area contributed by atoms with E-state index in [-0.39, 0.29) is 11.7 Å². The number of hydrogen-bond acceptors (Lipinski definition) is 4. The Morgan fingerprint density at radius 3 is 2.73 bits per heavy atom. The fourth-order valence-corrected chi connectivity index (χ4v) is 2.39. The van der Waals surface area contributed by atoms with Gasteiger partial charge in [0.1, 0.15) is 0 Å². The van der Waals surface area contributed by atoms with Crippen LogP contribution in [-0.2, 0) is 9.47 Å². The van der Waals surface area contributed by atoms with E-state index < -0.39 is 0 Å². The summed E-state index contributed by atoms with van der Waals surface area (Å²) in [4.78, 5) is 6.72. The van der Waals surface area contributed by atoms with E-state index in [1.165, 1.54) is 0 Å². The quantitative estimate of drug-likeness (QED) is 0.541. The van der Waals surface area contributed by atoms with E-state index >= 15 is 0 Å². The zero-order chi connectivity index (χ0) is 16.6. The Balaban J connectivity index is 2.33. The highest BCUT2D eigenvalue weighted by molar-refractivity contribution is 5.79. The van der Waals surface area contributed by atoms with E-state index in [1.807, 2.05) is 13.8 Å². The molecule has 1 heterocycles. The Morgan fingerprint density at radius 1 is 1.41 bits per heavy atom. The van der Waals surface area contributed by atoms with E-state index in [2.05, 4.69) is 34.4 Å². The van der Waals surface area contributed by atoms with Crippen LogP contribution in [0.2, 0.25) is 0 Å². The first-order valence-corrected chi connectivity index (χ1v) is 8.20. The standard InChI is InChI=1S/C16H34N4O2/c1-13(2)10-20-7-8-22-14(11-20)9-18-15(17-5)19-12-16(3,4)21-6/h13-14H,7-12H2,1-6H3,(H2,17,18,19). The van der Waals surface area contributed by atoms with Gasteiger partial charge in [-0.3, -0.25) is 9.89 Å². The summed E-state index contributed by atoms with van der Waals surface area (Å²) in [6.07, 6.45) is 0.210. The fraction of sp³-hybridized carbons (Fsp3) is 0.938. The number of methoxy groups -OCH3 is 1. The molecule has 1 rings (SSSR count). The molecule has 0 aliphatic carbocycles.